The Morgan fingerprint density at radius 2 is 1.79 bits per heavy atom. The molecule has 1 fully saturated rings. The molecule has 5 rings (SSSR count). The third kappa shape index (κ3) is 5.38. The van der Waals surface area contributed by atoms with Crippen molar-refractivity contribution in [3.05, 3.63) is 102 Å². The fourth-order valence-corrected chi connectivity index (χ4v) is 4.94. The molecule has 2 N–H and O–H groups in total. The summed E-state index contributed by atoms with van der Waals surface area (Å²) in [7, 11) is 2.82. The van der Waals surface area contributed by atoms with Crippen molar-refractivity contribution >= 4 is 40.6 Å². The van der Waals surface area contributed by atoms with Crippen LogP contribution in [-0.2, 0) is 14.3 Å². The number of methoxy groups -OCH3 is 2. The van der Waals surface area contributed by atoms with Gasteiger partial charge in [-0.25, -0.2) is 4.79 Å². The van der Waals surface area contributed by atoms with Gasteiger partial charge in [-0.3, -0.25) is 9.78 Å². The predicted octanol–water partition coefficient (Wildman–Crippen LogP) is 4.89. The van der Waals surface area contributed by atoms with E-state index in [1.54, 1.807) is 30.5 Å². The molecule has 2 aromatic carbocycles. The first kappa shape index (κ1) is 26.1. The molecule has 0 spiro atoms. The summed E-state index contributed by atoms with van der Waals surface area (Å²) in [4.78, 5) is 30.8. The fourth-order valence-electron chi connectivity index (χ4n) is 4.60. The van der Waals surface area contributed by atoms with Crippen LogP contribution in [0.3, 0.4) is 0 Å². The van der Waals surface area contributed by atoms with Crippen LogP contribution in [0.25, 0.3) is 11.3 Å². The van der Waals surface area contributed by atoms with Crippen LogP contribution in [0.2, 0.25) is 0 Å². The number of benzene rings is 2. The van der Waals surface area contributed by atoms with E-state index in [1.807, 2.05) is 59.5 Å². The summed E-state index contributed by atoms with van der Waals surface area (Å²) in [6.07, 6.45) is 1.73. The fraction of sp³-hybridized carbons (Fsp3) is 0.172. The van der Waals surface area contributed by atoms with Crippen molar-refractivity contribution in [3.8, 4) is 11.3 Å². The second kappa shape index (κ2) is 11.5. The normalized spacial score (nSPS) is 16.6. The molecular weight excluding hydrogens is 516 g/mol. The van der Waals surface area contributed by atoms with Crippen LogP contribution in [0.4, 0.5) is 11.4 Å². The lowest BCUT2D eigenvalue weighted by molar-refractivity contribution is -0.119. The zero-order chi connectivity index (χ0) is 27.4. The van der Waals surface area contributed by atoms with Gasteiger partial charge in [-0.1, -0.05) is 24.3 Å². The van der Waals surface area contributed by atoms with Crippen LogP contribution in [-0.4, -0.2) is 42.8 Å². The number of pyridine rings is 1. The zero-order valence-corrected chi connectivity index (χ0v) is 22.1. The minimum atomic E-state index is -0.446. The lowest BCUT2D eigenvalue weighted by atomic mass is 10.0. The summed E-state index contributed by atoms with van der Waals surface area (Å²) < 4.78 is 16.2. The number of ether oxygens (including phenoxy) is 2. The van der Waals surface area contributed by atoms with E-state index in [-0.39, 0.29) is 24.6 Å². The number of amides is 1. The van der Waals surface area contributed by atoms with Gasteiger partial charge in [-0.05, 0) is 66.8 Å². The first-order chi connectivity index (χ1) is 19.0. The van der Waals surface area contributed by atoms with Gasteiger partial charge < -0.3 is 29.4 Å². The van der Waals surface area contributed by atoms with Crippen molar-refractivity contribution in [1.29, 1.82) is 0 Å². The van der Waals surface area contributed by atoms with Crippen molar-refractivity contribution in [3.63, 3.8) is 0 Å². The number of furan rings is 1. The molecule has 2 aromatic heterocycles. The first-order valence-corrected chi connectivity index (χ1v) is 12.6. The van der Waals surface area contributed by atoms with Gasteiger partial charge in [0, 0.05) is 30.2 Å². The summed E-state index contributed by atoms with van der Waals surface area (Å²) in [6.45, 7) is -0.0321. The molecule has 3 heterocycles. The average molecular weight is 543 g/mol. The van der Waals surface area contributed by atoms with E-state index in [9.17, 15) is 9.59 Å². The monoisotopic (exact) mass is 542 g/mol. The molecule has 0 unspecified atom stereocenters. The van der Waals surface area contributed by atoms with Gasteiger partial charge in [0.15, 0.2) is 5.11 Å². The standard InChI is InChI=1S/C29H26N4O5S/c1-36-17-25(34)31-18-10-12-19(13-11-18)33-27(26(32-29(33)39)22-9-5-6-16-30-22)24-15-14-23(38-24)20-7-3-4-8-21(20)28(35)37-2/h3-16,26-27H,17H2,1-2H3,(H,31,34)(H,32,39)/t26-,27+/m1/s1. The van der Waals surface area contributed by atoms with E-state index >= 15 is 0 Å². The molecule has 4 aromatic rings. The summed E-state index contributed by atoms with van der Waals surface area (Å²) in [5, 5.41) is 6.69. The highest BCUT2D eigenvalue weighted by molar-refractivity contribution is 7.80. The molecule has 198 valence electrons. The van der Waals surface area contributed by atoms with Gasteiger partial charge in [0.05, 0.1) is 24.4 Å². The number of aromatic nitrogens is 1. The second-order valence-electron chi connectivity index (χ2n) is 8.76. The highest BCUT2D eigenvalue weighted by Crippen LogP contribution is 2.43. The molecule has 1 aliphatic rings. The molecule has 1 aliphatic heterocycles. The van der Waals surface area contributed by atoms with Crippen LogP contribution in [0.1, 0.15) is 33.9 Å². The highest BCUT2D eigenvalue weighted by Gasteiger charge is 2.42. The third-order valence-corrected chi connectivity index (χ3v) is 6.63. The lowest BCUT2D eigenvalue weighted by Gasteiger charge is -2.26. The second-order valence-corrected chi connectivity index (χ2v) is 9.15. The van der Waals surface area contributed by atoms with Gasteiger partial charge >= 0.3 is 5.97 Å². The smallest absolute Gasteiger partial charge is 0.338 e. The first-order valence-electron chi connectivity index (χ1n) is 12.2. The molecule has 0 aliphatic carbocycles. The lowest BCUT2D eigenvalue weighted by Crippen LogP contribution is -2.29. The summed E-state index contributed by atoms with van der Waals surface area (Å²) >= 11 is 5.78. The summed E-state index contributed by atoms with van der Waals surface area (Å²) in [6, 6.07) is 23.2. The summed E-state index contributed by atoms with van der Waals surface area (Å²) in [5.74, 6) is 0.467. The Labute approximate surface area is 230 Å². The molecule has 0 bridgehead atoms. The number of carbonyl (C=O) groups is 2. The van der Waals surface area contributed by atoms with Gasteiger partial charge in [0.1, 0.15) is 24.2 Å². The molecule has 1 saturated heterocycles. The van der Waals surface area contributed by atoms with Crippen molar-refractivity contribution in [2.45, 2.75) is 12.1 Å². The molecule has 1 amide bonds. The van der Waals surface area contributed by atoms with Gasteiger partial charge in [0.2, 0.25) is 5.91 Å². The van der Waals surface area contributed by atoms with Crippen LogP contribution in [0.15, 0.2) is 89.5 Å². The van der Waals surface area contributed by atoms with E-state index in [1.165, 1.54) is 14.2 Å². The Morgan fingerprint density at radius 3 is 2.51 bits per heavy atom. The van der Waals surface area contributed by atoms with Crippen molar-refractivity contribution in [1.82, 2.24) is 10.3 Å². The molecule has 39 heavy (non-hydrogen) atoms. The maximum absolute atomic E-state index is 12.4. The Bertz CT molecular complexity index is 1490. The number of thiocarbonyl (C=S) groups is 1. The molecule has 0 radical (unpaired) electrons. The predicted molar refractivity (Wildman–Crippen MR) is 150 cm³/mol. The van der Waals surface area contributed by atoms with Crippen molar-refractivity contribution in [2.24, 2.45) is 0 Å². The van der Waals surface area contributed by atoms with Gasteiger partial charge in [-0.2, -0.15) is 0 Å². The molecule has 2 atom stereocenters. The number of esters is 1. The SMILES string of the molecule is COCC(=O)Nc1ccc(N2C(=S)N[C@H](c3ccccn3)[C@@H]2c2ccc(-c3ccccc3C(=O)OC)o2)cc1. The van der Waals surface area contributed by atoms with Crippen LogP contribution in [0, 0.1) is 0 Å². The van der Waals surface area contributed by atoms with E-state index in [2.05, 4.69) is 15.6 Å². The minimum Gasteiger partial charge on any atom is -0.465 e. The van der Waals surface area contributed by atoms with Crippen LogP contribution in [0.5, 0.6) is 0 Å². The molecule has 9 nitrogen and oxygen atoms in total. The number of anilines is 2. The average Bonchev–Trinajstić information content (AvgIpc) is 3.58. The Balaban J connectivity index is 1.53. The van der Waals surface area contributed by atoms with Crippen LogP contribution < -0.4 is 15.5 Å². The van der Waals surface area contributed by atoms with Gasteiger partial charge in [-0.15, -0.1) is 0 Å². The van der Waals surface area contributed by atoms with E-state index in [0.717, 1.165) is 11.4 Å². The number of rotatable bonds is 8. The largest absolute Gasteiger partial charge is 0.465 e. The Morgan fingerprint density at radius 1 is 1.03 bits per heavy atom. The van der Waals surface area contributed by atoms with Crippen molar-refractivity contribution < 1.29 is 23.5 Å². The molecule has 10 heteroatoms. The van der Waals surface area contributed by atoms with Crippen LogP contribution >= 0.6 is 12.2 Å². The number of carbonyl (C=O) groups excluding carboxylic acids is 2. The quantitative estimate of drug-likeness (QED) is 0.238. The van der Waals surface area contributed by atoms with E-state index in [4.69, 9.17) is 26.1 Å². The number of nitrogens with zero attached hydrogens (tertiary/aromatic N) is 2. The molecule has 0 saturated carbocycles. The maximum atomic E-state index is 12.4. The Kier molecular flexibility index (Phi) is 7.67. The summed E-state index contributed by atoms with van der Waals surface area (Å²) in [5.41, 5.74) is 3.26. The third-order valence-electron chi connectivity index (χ3n) is 6.32. The molecular formula is C29H26N4O5S. The zero-order valence-electron chi connectivity index (χ0n) is 21.3. The number of hydrogen-bond acceptors (Lipinski definition) is 7. The van der Waals surface area contributed by atoms with E-state index < -0.39 is 5.97 Å². The van der Waals surface area contributed by atoms with E-state index in [0.29, 0.717) is 33.4 Å². The number of hydrogen-bond donors (Lipinski definition) is 2. The minimum absolute atomic E-state index is 0.0321. The number of nitrogens with one attached hydrogen (secondary N) is 2. The van der Waals surface area contributed by atoms with Gasteiger partial charge in [0.25, 0.3) is 0 Å². The highest BCUT2D eigenvalue weighted by atomic mass is 32.1. The topological polar surface area (TPSA) is 106 Å². The maximum Gasteiger partial charge on any atom is 0.338 e. The van der Waals surface area contributed by atoms with Crippen molar-refractivity contribution in [2.75, 3.05) is 31.0 Å². The Hall–Kier alpha value is -4.54.